The molecule has 0 amide bonds. The van der Waals surface area contributed by atoms with Crippen LogP contribution in [0.3, 0.4) is 0 Å². The lowest BCUT2D eigenvalue weighted by Gasteiger charge is -2.19. The number of hydrogen-bond acceptors (Lipinski definition) is 4. The zero-order chi connectivity index (χ0) is 12.1. The fourth-order valence-corrected chi connectivity index (χ4v) is 1.61. The van der Waals surface area contributed by atoms with E-state index in [9.17, 15) is 10.2 Å². The van der Waals surface area contributed by atoms with Crippen LogP contribution in [0.2, 0.25) is 0 Å². The molecule has 0 aliphatic rings. The minimum Gasteiger partial charge on any atom is -0.507 e. The summed E-state index contributed by atoms with van der Waals surface area (Å²) in [6.07, 6.45) is 0.836. The lowest BCUT2D eigenvalue weighted by Crippen LogP contribution is -2.26. The van der Waals surface area contributed by atoms with Crippen LogP contribution < -0.4 is 10.5 Å². The summed E-state index contributed by atoms with van der Waals surface area (Å²) in [5.74, 6) is 0.625. The van der Waals surface area contributed by atoms with Crippen LogP contribution in [-0.2, 0) is 0 Å². The van der Waals surface area contributed by atoms with Gasteiger partial charge < -0.3 is 20.7 Å². The monoisotopic (exact) mass is 261 g/mol. The first-order valence-electron chi connectivity index (χ1n) is 5.40. The zero-order valence-electron chi connectivity index (χ0n) is 10.1. The second-order valence-corrected chi connectivity index (χ2v) is 3.81. The number of hydrogen-bond donors (Lipinski definition) is 3. The molecule has 98 valence electrons. The molecule has 0 fully saturated rings. The van der Waals surface area contributed by atoms with E-state index < -0.39 is 12.1 Å². The minimum atomic E-state index is -0.635. The predicted molar refractivity (Wildman–Crippen MR) is 69.8 cm³/mol. The van der Waals surface area contributed by atoms with Crippen LogP contribution in [0.4, 0.5) is 0 Å². The third-order valence-electron chi connectivity index (χ3n) is 2.60. The summed E-state index contributed by atoms with van der Waals surface area (Å²) >= 11 is 0. The first kappa shape index (κ1) is 16.0. The van der Waals surface area contributed by atoms with Gasteiger partial charge in [0.25, 0.3) is 0 Å². The SMILES string of the molecule is CCC[C@@H](O)[C@@H](N)c1ccc(OC)cc1O.Cl. The summed E-state index contributed by atoms with van der Waals surface area (Å²) in [4.78, 5) is 0. The zero-order valence-corrected chi connectivity index (χ0v) is 10.9. The van der Waals surface area contributed by atoms with Crippen molar-refractivity contribution in [3.8, 4) is 11.5 Å². The summed E-state index contributed by atoms with van der Waals surface area (Å²) in [6.45, 7) is 1.98. The molecular formula is C12H20ClNO3. The first-order valence-corrected chi connectivity index (χ1v) is 5.40. The van der Waals surface area contributed by atoms with Crippen molar-refractivity contribution in [2.45, 2.75) is 31.9 Å². The van der Waals surface area contributed by atoms with Crippen molar-refractivity contribution in [3.63, 3.8) is 0 Å². The molecule has 17 heavy (non-hydrogen) atoms. The highest BCUT2D eigenvalue weighted by Gasteiger charge is 2.19. The van der Waals surface area contributed by atoms with Gasteiger partial charge in [0.1, 0.15) is 11.5 Å². The average molecular weight is 262 g/mol. The topological polar surface area (TPSA) is 75.7 Å². The first-order chi connectivity index (χ1) is 7.60. The summed E-state index contributed by atoms with van der Waals surface area (Å²) < 4.78 is 4.97. The van der Waals surface area contributed by atoms with Crippen LogP contribution >= 0.6 is 12.4 Å². The number of aliphatic hydroxyl groups is 1. The number of ether oxygens (including phenoxy) is 1. The van der Waals surface area contributed by atoms with Gasteiger partial charge in [-0.2, -0.15) is 0 Å². The molecule has 0 saturated carbocycles. The number of nitrogens with two attached hydrogens (primary N) is 1. The summed E-state index contributed by atoms with van der Waals surface area (Å²) in [6, 6.07) is 4.32. The molecule has 1 aromatic rings. The smallest absolute Gasteiger partial charge is 0.124 e. The van der Waals surface area contributed by atoms with Gasteiger partial charge in [0.2, 0.25) is 0 Å². The average Bonchev–Trinajstić information content (AvgIpc) is 2.28. The van der Waals surface area contributed by atoms with E-state index in [1.165, 1.54) is 13.2 Å². The molecule has 0 spiro atoms. The van der Waals surface area contributed by atoms with Gasteiger partial charge in [-0.15, -0.1) is 12.4 Å². The van der Waals surface area contributed by atoms with Gasteiger partial charge in [0.15, 0.2) is 0 Å². The third-order valence-corrected chi connectivity index (χ3v) is 2.60. The number of aliphatic hydroxyl groups excluding tert-OH is 1. The molecular weight excluding hydrogens is 242 g/mol. The van der Waals surface area contributed by atoms with Crippen LogP contribution in [0.25, 0.3) is 0 Å². The highest BCUT2D eigenvalue weighted by molar-refractivity contribution is 5.85. The van der Waals surface area contributed by atoms with E-state index in [-0.39, 0.29) is 18.2 Å². The molecule has 0 heterocycles. The van der Waals surface area contributed by atoms with E-state index in [1.54, 1.807) is 12.1 Å². The largest absolute Gasteiger partial charge is 0.507 e. The number of benzene rings is 1. The second kappa shape index (κ2) is 7.37. The van der Waals surface area contributed by atoms with Gasteiger partial charge in [-0.05, 0) is 18.6 Å². The molecule has 0 aromatic heterocycles. The van der Waals surface area contributed by atoms with E-state index in [0.29, 0.717) is 17.7 Å². The maximum absolute atomic E-state index is 9.75. The van der Waals surface area contributed by atoms with E-state index in [2.05, 4.69) is 0 Å². The van der Waals surface area contributed by atoms with Crippen molar-refractivity contribution >= 4 is 12.4 Å². The van der Waals surface area contributed by atoms with Crippen LogP contribution in [-0.4, -0.2) is 23.4 Å². The van der Waals surface area contributed by atoms with Gasteiger partial charge in [-0.3, -0.25) is 0 Å². The Morgan fingerprint density at radius 2 is 2.06 bits per heavy atom. The molecule has 0 saturated heterocycles. The lowest BCUT2D eigenvalue weighted by molar-refractivity contribution is 0.133. The minimum absolute atomic E-state index is 0. The maximum atomic E-state index is 9.75. The van der Waals surface area contributed by atoms with Gasteiger partial charge in [0, 0.05) is 11.6 Å². The molecule has 0 unspecified atom stereocenters. The van der Waals surface area contributed by atoms with E-state index >= 15 is 0 Å². The Labute approximate surface area is 108 Å². The number of halogens is 1. The van der Waals surface area contributed by atoms with Crippen molar-refractivity contribution in [3.05, 3.63) is 23.8 Å². The number of aromatic hydroxyl groups is 1. The van der Waals surface area contributed by atoms with Crippen molar-refractivity contribution < 1.29 is 14.9 Å². The van der Waals surface area contributed by atoms with Gasteiger partial charge in [-0.1, -0.05) is 13.3 Å². The fraction of sp³-hybridized carbons (Fsp3) is 0.500. The quantitative estimate of drug-likeness (QED) is 0.758. The van der Waals surface area contributed by atoms with E-state index in [1.807, 2.05) is 6.92 Å². The molecule has 0 bridgehead atoms. The molecule has 1 aromatic carbocycles. The van der Waals surface area contributed by atoms with Crippen LogP contribution in [0, 0.1) is 0 Å². The lowest BCUT2D eigenvalue weighted by atomic mass is 9.98. The molecule has 0 radical (unpaired) electrons. The number of methoxy groups -OCH3 is 1. The fourth-order valence-electron chi connectivity index (χ4n) is 1.61. The summed E-state index contributed by atoms with van der Waals surface area (Å²) in [7, 11) is 1.53. The molecule has 0 aliphatic heterocycles. The van der Waals surface area contributed by atoms with Crippen LogP contribution in [0.1, 0.15) is 31.4 Å². The third kappa shape index (κ3) is 4.07. The number of phenolic OH excluding ortho intramolecular Hbond substituents is 1. The van der Waals surface area contributed by atoms with E-state index in [4.69, 9.17) is 10.5 Å². The maximum Gasteiger partial charge on any atom is 0.124 e. The Balaban J connectivity index is 0.00000256. The van der Waals surface area contributed by atoms with Crippen molar-refractivity contribution in [1.82, 2.24) is 0 Å². The molecule has 5 heteroatoms. The van der Waals surface area contributed by atoms with Gasteiger partial charge in [0.05, 0.1) is 19.3 Å². The summed E-state index contributed by atoms with van der Waals surface area (Å²) in [5.41, 5.74) is 6.41. The van der Waals surface area contributed by atoms with Crippen molar-refractivity contribution in [2.75, 3.05) is 7.11 Å². The van der Waals surface area contributed by atoms with E-state index in [0.717, 1.165) is 6.42 Å². The van der Waals surface area contributed by atoms with Crippen LogP contribution in [0.15, 0.2) is 18.2 Å². The standard InChI is InChI=1S/C12H19NO3.ClH/c1-3-4-10(14)12(13)9-6-5-8(16-2)7-11(9)15;/h5-7,10,12,14-15H,3-4,13H2,1-2H3;1H/t10-,12+;/m1./s1. The number of rotatable bonds is 5. The van der Waals surface area contributed by atoms with Crippen LogP contribution in [0.5, 0.6) is 11.5 Å². The normalized spacial score (nSPS) is 13.6. The van der Waals surface area contributed by atoms with Crippen molar-refractivity contribution in [1.29, 1.82) is 0 Å². The van der Waals surface area contributed by atoms with Gasteiger partial charge in [-0.25, -0.2) is 0 Å². The molecule has 4 N–H and O–H groups in total. The molecule has 4 nitrogen and oxygen atoms in total. The highest BCUT2D eigenvalue weighted by atomic mass is 35.5. The number of phenols is 1. The Bertz CT molecular complexity index is 347. The van der Waals surface area contributed by atoms with Crippen molar-refractivity contribution in [2.24, 2.45) is 5.73 Å². The molecule has 1 rings (SSSR count). The Morgan fingerprint density at radius 3 is 2.53 bits per heavy atom. The Kier molecular flexibility index (Phi) is 6.95. The predicted octanol–water partition coefficient (Wildman–Crippen LogP) is 1.98. The van der Waals surface area contributed by atoms with Gasteiger partial charge >= 0.3 is 0 Å². The second-order valence-electron chi connectivity index (χ2n) is 3.81. The highest BCUT2D eigenvalue weighted by Crippen LogP contribution is 2.29. The Hall–Kier alpha value is -0.970. The molecule has 2 atom stereocenters. The molecule has 0 aliphatic carbocycles. The Morgan fingerprint density at radius 1 is 1.41 bits per heavy atom. The summed E-state index contributed by atoms with van der Waals surface area (Å²) in [5, 5.41) is 19.5.